The molecule has 0 saturated heterocycles. The Kier molecular flexibility index (Phi) is 4.55. The van der Waals surface area contributed by atoms with Crippen LogP contribution in [0.2, 0.25) is 0 Å². The lowest BCUT2D eigenvalue weighted by Gasteiger charge is -2.20. The van der Waals surface area contributed by atoms with Crippen molar-refractivity contribution in [3.05, 3.63) is 46.5 Å². The second-order valence-electron chi connectivity index (χ2n) is 5.34. The summed E-state index contributed by atoms with van der Waals surface area (Å²) in [7, 11) is 2.01. The number of nitrogens with zero attached hydrogens (tertiary/aromatic N) is 3. The molecule has 0 aliphatic heterocycles. The Balaban J connectivity index is 2.29. The van der Waals surface area contributed by atoms with Crippen molar-refractivity contribution in [3.63, 3.8) is 0 Å². The molecule has 0 amide bonds. The molecule has 0 spiro atoms. The molecule has 2 aromatic heterocycles. The van der Waals surface area contributed by atoms with E-state index >= 15 is 0 Å². The Morgan fingerprint density at radius 1 is 1.20 bits per heavy atom. The van der Waals surface area contributed by atoms with Crippen LogP contribution in [-0.2, 0) is 13.5 Å². The van der Waals surface area contributed by atoms with Crippen molar-refractivity contribution < 1.29 is 0 Å². The van der Waals surface area contributed by atoms with Gasteiger partial charge in [-0.25, -0.2) is 0 Å². The average Bonchev–Trinajstić information content (AvgIpc) is 2.67. The number of aryl methyl sites for hydroxylation is 4. The fourth-order valence-corrected chi connectivity index (χ4v) is 2.67. The van der Waals surface area contributed by atoms with Crippen LogP contribution < -0.4 is 5.32 Å². The van der Waals surface area contributed by atoms with Gasteiger partial charge in [0.05, 0.1) is 5.69 Å². The summed E-state index contributed by atoms with van der Waals surface area (Å²) in [6, 6.07) is 6.71. The number of hydrogen-bond donors (Lipinski definition) is 1. The third-order valence-electron chi connectivity index (χ3n) is 3.60. The van der Waals surface area contributed by atoms with Gasteiger partial charge in [0.2, 0.25) is 0 Å². The highest BCUT2D eigenvalue weighted by atomic mass is 15.3. The Labute approximate surface area is 121 Å². The third kappa shape index (κ3) is 3.25. The maximum absolute atomic E-state index is 4.58. The van der Waals surface area contributed by atoms with Crippen molar-refractivity contribution in [2.24, 2.45) is 7.05 Å². The van der Waals surface area contributed by atoms with Crippen LogP contribution in [0.4, 0.5) is 0 Å². The molecule has 4 nitrogen and oxygen atoms in total. The van der Waals surface area contributed by atoms with Crippen molar-refractivity contribution in [3.8, 4) is 0 Å². The van der Waals surface area contributed by atoms with Gasteiger partial charge in [-0.2, -0.15) is 5.10 Å². The molecular formula is C16H24N4. The summed E-state index contributed by atoms with van der Waals surface area (Å²) in [5.74, 6) is 0. The highest BCUT2D eigenvalue weighted by Crippen LogP contribution is 2.21. The van der Waals surface area contributed by atoms with Crippen LogP contribution >= 0.6 is 0 Å². The molecule has 0 bridgehead atoms. The largest absolute Gasteiger partial charge is 0.310 e. The fourth-order valence-electron chi connectivity index (χ4n) is 2.67. The van der Waals surface area contributed by atoms with Gasteiger partial charge in [-0.05, 0) is 45.0 Å². The fraction of sp³-hybridized carbons (Fsp3) is 0.500. The summed E-state index contributed by atoms with van der Waals surface area (Å²) >= 11 is 0. The van der Waals surface area contributed by atoms with E-state index in [1.807, 2.05) is 25.6 Å². The zero-order valence-corrected chi connectivity index (χ0v) is 13.1. The standard InChI is InChI=1S/C16H24N4/c1-6-17-16(10-14-9-12(3)19-20(14)5)15-8-7-11(2)18-13(15)4/h7-9,16-17H,6,10H2,1-5H3. The van der Waals surface area contributed by atoms with Crippen molar-refractivity contribution >= 4 is 0 Å². The molecule has 20 heavy (non-hydrogen) atoms. The van der Waals surface area contributed by atoms with Crippen molar-refractivity contribution in [1.29, 1.82) is 0 Å². The van der Waals surface area contributed by atoms with Crippen molar-refractivity contribution in [2.75, 3.05) is 6.54 Å². The molecule has 1 atom stereocenters. The number of nitrogens with one attached hydrogen (secondary N) is 1. The minimum Gasteiger partial charge on any atom is -0.310 e. The van der Waals surface area contributed by atoms with Gasteiger partial charge >= 0.3 is 0 Å². The Bertz CT molecular complexity index is 586. The monoisotopic (exact) mass is 272 g/mol. The summed E-state index contributed by atoms with van der Waals surface area (Å²) in [5.41, 5.74) is 5.76. The van der Waals surface area contributed by atoms with Crippen LogP contribution in [0.15, 0.2) is 18.2 Å². The Hall–Kier alpha value is -1.68. The molecule has 1 unspecified atom stereocenters. The lowest BCUT2D eigenvalue weighted by atomic mass is 10.00. The molecule has 108 valence electrons. The number of aromatic nitrogens is 3. The normalized spacial score (nSPS) is 12.7. The van der Waals surface area contributed by atoms with E-state index in [1.165, 1.54) is 11.3 Å². The molecule has 0 aromatic carbocycles. The number of pyridine rings is 1. The topological polar surface area (TPSA) is 42.7 Å². The van der Waals surface area contributed by atoms with Crippen LogP contribution in [0.5, 0.6) is 0 Å². The summed E-state index contributed by atoms with van der Waals surface area (Å²) in [6.07, 6.45) is 0.927. The van der Waals surface area contributed by atoms with Gasteiger partial charge in [-0.1, -0.05) is 13.0 Å². The van der Waals surface area contributed by atoms with Gasteiger partial charge in [-0.15, -0.1) is 0 Å². The van der Waals surface area contributed by atoms with E-state index in [1.54, 1.807) is 0 Å². The van der Waals surface area contributed by atoms with E-state index in [9.17, 15) is 0 Å². The summed E-state index contributed by atoms with van der Waals surface area (Å²) < 4.78 is 1.97. The molecule has 1 N–H and O–H groups in total. The van der Waals surface area contributed by atoms with Crippen molar-refractivity contribution in [2.45, 2.75) is 40.2 Å². The van der Waals surface area contributed by atoms with Gasteiger partial charge < -0.3 is 5.32 Å². The molecule has 4 heteroatoms. The molecule has 0 aliphatic carbocycles. The quantitative estimate of drug-likeness (QED) is 0.910. The summed E-state index contributed by atoms with van der Waals surface area (Å²) in [4.78, 5) is 4.58. The van der Waals surface area contributed by atoms with Gasteiger partial charge in [0, 0.05) is 36.6 Å². The van der Waals surface area contributed by atoms with Crippen LogP contribution in [-0.4, -0.2) is 21.3 Å². The van der Waals surface area contributed by atoms with E-state index < -0.39 is 0 Å². The Morgan fingerprint density at radius 3 is 2.50 bits per heavy atom. The zero-order valence-electron chi connectivity index (χ0n) is 13.1. The van der Waals surface area contributed by atoms with Crippen LogP contribution in [0.1, 0.15) is 41.3 Å². The number of likely N-dealkylation sites (N-methyl/N-ethyl adjacent to an activating group) is 1. The summed E-state index contributed by atoms with van der Waals surface area (Å²) in [6.45, 7) is 9.22. The van der Waals surface area contributed by atoms with Gasteiger partial charge in [0.25, 0.3) is 0 Å². The first-order chi connectivity index (χ1) is 9.51. The predicted molar refractivity (Wildman–Crippen MR) is 81.8 cm³/mol. The SMILES string of the molecule is CCNC(Cc1cc(C)nn1C)c1ccc(C)nc1C. The molecule has 0 radical (unpaired) electrons. The lowest BCUT2D eigenvalue weighted by Crippen LogP contribution is -2.25. The molecule has 0 fully saturated rings. The van der Waals surface area contributed by atoms with E-state index in [4.69, 9.17) is 0 Å². The number of rotatable bonds is 5. The third-order valence-corrected chi connectivity index (χ3v) is 3.60. The first-order valence-electron chi connectivity index (χ1n) is 7.18. The minimum absolute atomic E-state index is 0.280. The second-order valence-corrected chi connectivity index (χ2v) is 5.34. The molecule has 2 heterocycles. The van der Waals surface area contributed by atoms with Gasteiger partial charge in [-0.3, -0.25) is 9.67 Å². The smallest absolute Gasteiger partial charge is 0.0596 e. The van der Waals surface area contributed by atoms with Crippen LogP contribution in [0.3, 0.4) is 0 Å². The molecule has 2 rings (SSSR count). The maximum Gasteiger partial charge on any atom is 0.0596 e. The van der Waals surface area contributed by atoms with Gasteiger partial charge in [0.15, 0.2) is 0 Å². The van der Waals surface area contributed by atoms with Crippen LogP contribution in [0, 0.1) is 20.8 Å². The zero-order chi connectivity index (χ0) is 14.7. The first kappa shape index (κ1) is 14.7. The highest BCUT2D eigenvalue weighted by Gasteiger charge is 2.16. The first-order valence-corrected chi connectivity index (χ1v) is 7.18. The second kappa shape index (κ2) is 6.18. The average molecular weight is 272 g/mol. The highest BCUT2D eigenvalue weighted by molar-refractivity contribution is 5.27. The maximum atomic E-state index is 4.58. The molecule has 0 saturated carbocycles. The Morgan fingerprint density at radius 2 is 1.95 bits per heavy atom. The van der Waals surface area contributed by atoms with E-state index in [0.29, 0.717) is 0 Å². The van der Waals surface area contributed by atoms with Crippen molar-refractivity contribution in [1.82, 2.24) is 20.1 Å². The van der Waals surface area contributed by atoms with Crippen LogP contribution in [0.25, 0.3) is 0 Å². The van der Waals surface area contributed by atoms with Gasteiger partial charge in [0.1, 0.15) is 0 Å². The van der Waals surface area contributed by atoms with E-state index in [0.717, 1.165) is 30.0 Å². The summed E-state index contributed by atoms with van der Waals surface area (Å²) in [5, 5.41) is 7.99. The predicted octanol–water partition coefficient (Wildman–Crippen LogP) is 2.63. The minimum atomic E-state index is 0.280. The molecule has 2 aromatic rings. The molecule has 0 aliphatic rings. The molecular weight excluding hydrogens is 248 g/mol. The lowest BCUT2D eigenvalue weighted by molar-refractivity contribution is 0.524. The van der Waals surface area contributed by atoms with E-state index in [-0.39, 0.29) is 6.04 Å². The number of hydrogen-bond acceptors (Lipinski definition) is 3. The van der Waals surface area contributed by atoms with E-state index in [2.05, 4.69) is 47.4 Å².